The Balaban J connectivity index is 3.44. The zero-order valence-electron chi connectivity index (χ0n) is 15.2. The van der Waals surface area contributed by atoms with Gasteiger partial charge in [0, 0.05) is 18.7 Å². The van der Waals surface area contributed by atoms with Gasteiger partial charge in [-0.3, -0.25) is 4.79 Å². The summed E-state index contributed by atoms with van der Waals surface area (Å²) in [6, 6.07) is 0. The first kappa shape index (κ1) is 21.7. The lowest BCUT2D eigenvalue weighted by molar-refractivity contribution is -0.139. The van der Waals surface area contributed by atoms with Crippen molar-refractivity contribution in [2.45, 2.75) is 78.6 Å². The van der Waals surface area contributed by atoms with E-state index in [1.807, 2.05) is 13.8 Å². The molecule has 0 rings (SSSR count). The van der Waals surface area contributed by atoms with Gasteiger partial charge in [0.2, 0.25) is 5.91 Å². The molecule has 4 nitrogen and oxygen atoms in total. The molecule has 0 aromatic carbocycles. The molecular formula is C19H35NO3. The number of hydrogen-bond acceptors (Lipinski definition) is 3. The van der Waals surface area contributed by atoms with Crippen LogP contribution in [0.15, 0.2) is 12.2 Å². The van der Waals surface area contributed by atoms with Gasteiger partial charge < -0.3 is 10.1 Å². The van der Waals surface area contributed by atoms with Gasteiger partial charge in [0.25, 0.3) is 0 Å². The molecule has 0 saturated heterocycles. The van der Waals surface area contributed by atoms with Crippen molar-refractivity contribution in [2.24, 2.45) is 5.92 Å². The van der Waals surface area contributed by atoms with Crippen LogP contribution in [0.2, 0.25) is 0 Å². The number of unbranched alkanes of at least 4 members (excludes halogenated alkanes) is 8. The van der Waals surface area contributed by atoms with Crippen molar-refractivity contribution in [1.82, 2.24) is 5.32 Å². The van der Waals surface area contributed by atoms with Gasteiger partial charge in [-0.05, 0) is 12.3 Å². The normalized spacial score (nSPS) is 11.1. The first-order chi connectivity index (χ1) is 11.1. The van der Waals surface area contributed by atoms with E-state index < -0.39 is 5.97 Å². The van der Waals surface area contributed by atoms with Gasteiger partial charge in [-0.15, -0.1) is 0 Å². The van der Waals surface area contributed by atoms with E-state index in [9.17, 15) is 9.59 Å². The van der Waals surface area contributed by atoms with Crippen molar-refractivity contribution in [3.8, 4) is 0 Å². The van der Waals surface area contributed by atoms with Crippen LogP contribution in [0.3, 0.4) is 0 Å². The molecule has 0 fully saturated rings. The van der Waals surface area contributed by atoms with E-state index >= 15 is 0 Å². The van der Waals surface area contributed by atoms with Crippen LogP contribution in [0.1, 0.15) is 78.6 Å². The molecular weight excluding hydrogens is 290 g/mol. The van der Waals surface area contributed by atoms with E-state index in [0.717, 1.165) is 12.8 Å². The molecule has 0 atom stereocenters. The lowest BCUT2D eigenvalue weighted by Gasteiger charge is -2.04. The molecule has 0 aliphatic heterocycles. The zero-order valence-corrected chi connectivity index (χ0v) is 15.2. The fraction of sp³-hybridized carbons (Fsp3) is 0.789. The summed E-state index contributed by atoms with van der Waals surface area (Å²) >= 11 is 0. The van der Waals surface area contributed by atoms with E-state index in [0.29, 0.717) is 19.1 Å². The van der Waals surface area contributed by atoms with Gasteiger partial charge in [0.05, 0.1) is 6.61 Å². The SMILES string of the molecule is CCCCCCCCCCCNC(=O)/C=C/C(=O)OCC(C)C. The molecule has 23 heavy (non-hydrogen) atoms. The highest BCUT2D eigenvalue weighted by Gasteiger charge is 2.01. The average Bonchev–Trinajstić information content (AvgIpc) is 2.52. The highest BCUT2D eigenvalue weighted by atomic mass is 16.5. The number of esters is 1. The molecule has 0 unspecified atom stereocenters. The van der Waals surface area contributed by atoms with Crippen LogP contribution < -0.4 is 5.32 Å². The Morgan fingerprint density at radius 1 is 0.913 bits per heavy atom. The summed E-state index contributed by atoms with van der Waals surface area (Å²) in [5.74, 6) is -0.393. The first-order valence-electron chi connectivity index (χ1n) is 9.19. The standard InChI is InChI=1S/C19H35NO3/c1-4-5-6-7-8-9-10-11-12-15-20-18(21)13-14-19(22)23-16-17(2)3/h13-14,17H,4-12,15-16H2,1-3H3,(H,20,21)/b14-13+. The van der Waals surface area contributed by atoms with Crippen molar-refractivity contribution in [3.63, 3.8) is 0 Å². The molecule has 0 bridgehead atoms. The Hall–Kier alpha value is -1.32. The minimum Gasteiger partial charge on any atom is -0.462 e. The summed E-state index contributed by atoms with van der Waals surface area (Å²) in [6.07, 6.45) is 13.8. The van der Waals surface area contributed by atoms with Crippen molar-refractivity contribution < 1.29 is 14.3 Å². The highest BCUT2D eigenvalue weighted by Crippen LogP contribution is 2.09. The Bertz CT molecular complexity index is 338. The minimum absolute atomic E-state index is 0.230. The van der Waals surface area contributed by atoms with E-state index in [-0.39, 0.29) is 5.91 Å². The number of carbonyl (C=O) groups is 2. The molecule has 0 spiro atoms. The first-order valence-corrected chi connectivity index (χ1v) is 9.19. The maximum atomic E-state index is 11.5. The van der Waals surface area contributed by atoms with Crippen molar-refractivity contribution >= 4 is 11.9 Å². The maximum Gasteiger partial charge on any atom is 0.330 e. The van der Waals surface area contributed by atoms with Gasteiger partial charge >= 0.3 is 5.97 Å². The van der Waals surface area contributed by atoms with Crippen molar-refractivity contribution in [1.29, 1.82) is 0 Å². The van der Waals surface area contributed by atoms with Gasteiger partial charge in [-0.1, -0.05) is 72.1 Å². The third-order valence-electron chi connectivity index (χ3n) is 3.51. The second-order valence-corrected chi connectivity index (χ2v) is 6.48. The van der Waals surface area contributed by atoms with Crippen LogP contribution in [0.4, 0.5) is 0 Å². The van der Waals surface area contributed by atoms with Crippen molar-refractivity contribution in [2.75, 3.05) is 13.2 Å². The Morgan fingerprint density at radius 2 is 1.48 bits per heavy atom. The molecule has 0 radical (unpaired) electrons. The Morgan fingerprint density at radius 3 is 2.04 bits per heavy atom. The quantitative estimate of drug-likeness (QED) is 0.293. The molecule has 0 aromatic rings. The fourth-order valence-corrected chi connectivity index (χ4v) is 2.15. The lowest BCUT2D eigenvalue weighted by Crippen LogP contribution is -2.22. The Kier molecular flexibility index (Phi) is 14.7. The summed E-state index contributed by atoms with van der Waals surface area (Å²) < 4.78 is 4.95. The van der Waals surface area contributed by atoms with Gasteiger partial charge in [0.1, 0.15) is 0 Å². The molecule has 0 aliphatic carbocycles. The van der Waals surface area contributed by atoms with Gasteiger partial charge in [-0.2, -0.15) is 0 Å². The van der Waals surface area contributed by atoms with Crippen molar-refractivity contribution in [3.05, 3.63) is 12.2 Å². The third-order valence-corrected chi connectivity index (χ3v) is 3.51. The molecule has 1 amide bonds. The van der Waals surface area contributed by atoms with Crippen LogP contribution in [-0.4, -0.2) is 25.0 Å². The van der Waals surface area contributed by atoms with E-state index in [1.54, 1.807) is 0 Å². The molecule has 134 valence electrons. The topological polar surface area (TPSA) is 55.4 Å². The summed E-state index contributed by atoms with van der Waals surface area (Å²) in [5, 5.41) is 2.79. The summed E-state index contributed by atoms with van der Waals surface area (Å²) in [4.78, 5) is 22.8. The predicted octanol–water partition coefficient (Wildman–Crippen LogP) is 4.39. The van der Waals surface area contributed by atoms with E-state index in [1.165, 1.54) is 57.1 Å². The molecule has 0 aliphatic rings. The lowest BCUT2D eigenvalue weighted by atomic mass is 10.1. The summed E-state index contributed by atoms with van der Waals surface area (Å²) in [5.41, 5.74) is 0. The van der Waals surface area contributed by atoms with Gasteiger partial charge in [0.15, 0.2) is 0 Å². The fourth-order valence-electron chi connectivity index (χ4n) is 2.15. The highest BCUT2D eigenvalue weighted by molar-refractivity contribution is 5.94. The summed E-state index contributed by atoms with van der Waals surface area (Å²) in [7, 11) is 0. The van der Waals surface area contributed by atoms with E-state index in [4.69, 9.17) is 4.74 Å². The monoisotopic (exact) mass is 325 g/mol. The molecule has 0 heterocycles. The van der Waals surface area contributed by atoms with Crippen LogP contribution >= 0.6 is 0 Å². The number of carbonyl (C=O) groups excluding carboxylic acids is 2. The maximum absolute atomic E-state index is 11.5. The second-order valence-electron chi connectivity index (χ2n) is 6.48. The molecule has 0 aromatic heterocycles. The summed E-state index contributed by atoms with van der Waals surface area (Å²) in [6.45, 7) is 7.21. The number of hydrogen-bond donors (Lipinski definition) is 1. The molecule has 0 saturated carbocycles. The average molecular weight is 325 g/mol. The van der Waals surface area contributed by atoms with Crippen LogP contribution in [0.25, 0.3) is 0 Å². The number of amides is 1. The van der Waals surface area contributed by atoms with Gasteiger partial charge in [-0.25, -0.2) is 4.79 Å². The second kappa shape index (κ2) is 15.6. The van der Waals surface area contributed by atoms with Crippen LogP contribution in [-0.2, 0) is 14.3 Å². The third kappa shape index (κ3) is 16.9. The van der Waals surface area contributed by atoms with E-state index in [2.05, 4.69) is 12.2 Å². The smallest absolute Gasteiger partial charge is 0.330 e. The predicted molar refractivity (Wildman–Crippen MR) is 95.2 cm³/mol. The minimum atomic E-state index is -0.461. The number of rotatable bonds is 14. The number of nitrogens with one attached hydrogen (secondary N) is 1. The molecule has 4 heteroatoms. The van der Waals surface area contributed by atoms with Crippen LogP contribution in [0, 0.1) is 5.92 Å². The van der Waals surface area contributed by atoms with Crippen LogP contribution in [0.5, 0.6) is 0 Å². The number of ether oxygens (including phenoxy) is 1. The largest absolute Gasteiger partial charge is 0.462 e. The molecule has 1 N–H and O–H groups in total. The zero-order chi connectivity index (χ0) is 17.3. The Labute approximate surface area is 142 Å².